The molecule has 2 atom stereocenters. The number of hydrogen-bond donors (Lipinski definition) is 2. The average Bonchev–Trinajstić information content (AvgIpc) is 3.16. The normalized spacial score (nSPS) is 36.3. The lowest BCUT2D eigenvalue weighted by molar-refractivity contribution is 0.0717. The van der Waals surface area contributed by atoms with Crippen molar-refractivity contribution in [1.29, 1.82) is 0 Å². The fourth-order valence-electron chi connectivity index (χ4n) is 3.40. The Kier molecular flexibility index (Phi) is 6.07. The number of halogens is 1. The fourth-order valence-corrected chi connectivity index (χ4v) is 4.69. The number of rotatable bonds is 2. The minimum absolute atomic E-state index is 0. The molecular formula is C14H26IN3O2S. The van der Waals surface area contributed by atoms with Gasteiger partial charge in [-0.25, -0.2) is 0 Å². The molecule has 0 amide bonds. The summed E-state index contributed by atoms with van der Waals surface area (Å²) in [7, 11) is 1.83. The van der Waals surface area contributed by atoms with E-state index in [1.54, 1.807) is 0 Å². The van der Waals surface area contributed by atoms with Crippen LogP contribution in [0.2, 0.25) is 0 Å². The van der Waals surface area contributed by atoms with Crippen LogP contribution in [0.25, 0.3) is 0 Å². The molecule has 3 aliphatic heterocycles. The molecule has 2 N–H and O–H groups in total. The van der Waals surface area contributed by atoms with Crippen LogP contribution in [0, 0.1) is 5.41 Å². The molecule has 0 aromatic heterocycles. The minimum Gasteiger partial charge on any atom is -0.387 e. The summed E-state index contributed by atoms with van der Waals surface area (Å²) in [5.41, 5.74) is -0.216. The molecule has 0 aliphatic carbocycles. The third-order valence-electron chi connectivity index (χ3n) is 4.79. The second-order valence-electron chi connectivity index (χ2n) is 6.40. The van der Waals surface area contributed by atoms with Gasteiger partial charge in [-0.3, -0.25) is 4.99 Å². The van der Waals surface area contributed by atoms with Gasteiger partial charge in [0.25, 0.3) is 0 Å². The number of thioether (sulfide) groups is 1. The van der Waals surface area contributed by atoms with E-state index in [2.05, 4.69) is 15.2 Å². The van der Waals surface area contributed by atoms with Crippen LogP contribution in [0.4, 0.5) is 0 Å². The molecule has 0 saturated carbocycles. The van der Waals surface area contributed by atoms with E-state index in [4.69, 9.17) is 4.74 Å². The van der Waals surface area contributed by atoms with Crippen LogP contribution in [0.3, 0.4) is 0 Å². The van der Waals surface area contributed by atoms with E-state index in [-0.39, 0.29) is 24.0 Å². The van der Waals surface area contributed by atoms with Gasteiger partial charge in [-0.2, -0.15) is 11.8 Å². The number of likely N-dealkylation sites (tertiary alicyclic amines) is 1. The Balaban J connectivity index is 0.00000161. The molecule has 7 heteroatoms. The Morgan fingerprint density at radius 2 is 2.29 bits per heavy atom. The van der Waals surface area contributed by atoms with Gasteiger partial charge in [0.2, 0.25) is 0 Å². The summed E-state index contributed by atoms with van der Waals surface area (Å²) < 4.78 is 5.57. The van der Waals surface area contributed by atoms with Crippen LogP contribution in [0.5, 0.6) is 0 Å². The van der Waals surface area contributed by atoms with Gasteiger partial charge in [0.05, 0.1) is 12.2 Å². The standard InChI is InChI=1S/C14H25N3O2S.HI/c1-15-12(16-8-14(18)4-7-20-11-14)17-5-2-13(9-17)3-6-19-10-13;/h18H,2-11H2,1H3,(H,15,16);1H. The number of aliphatic imine (C=N–C) groups is 1. The fraction of sp³-hybridized carbons (Fsp3) is 0.929. The summed E-state index contributed by atoms with van der Waals surface area (Å²) in [6, 6.07) is 0. The number of aliphatic hydroxyl groups is 1. The summed E-state index contributed by atoms with van der Waals surface area (Å²) in [4.78, 5) is 6.71. The molecule has 0 aromatic rings. The lowest BCUT2D eigenvalue weighted by atomic mass is 9.87. The summed E-state index contributed by atoms with van der Waals surface area (Å²) >= 11 is 1.83. The first kappa shape index (κ1) is 17.6. The first-order valence-electron chi connectivity index (χ1n) is 7.48. The van der Waals surface area contributed by atoms with E-state index in [0.29, 0.717) is 12.0 Å². The zero-order chi connectivity index (χ0) is 14.1. The van der Waals surface area contributed by atoms with Gasteiger partial charge in [-0.15, -0.1) is 24.0 Å². The van der Waals surface area contributed by atoms with Gasteiger partial charge in [0.1, 0.15) is 0 Å². The van der Waals surface area contributed by atoms with Gasteiger partial charge in [0, 0.05) is 44.5 Å². The van der Waals surface area contributed by atoms with Crippen molar-refractivity contribution in [2.24, 2.45) is 10.4 Å². The monoisotopic (exact) mass is 427 g/mol. The van der Waals surface area contributed by atoms with Gasteiger partial charge < -0.3 is 20.1 Å². The average molecular weight is 427 g/mol. The van der Waals surface area contributed by atoms with Gasteiger partial charge in [0.15, 0.2) is 5.96 Å². The van der Waals surface area contributed by atoms with E-state index in [1.165, 1.54) is 12.8 Å². The topological polar surface area (TPSA) is 57.1 Å². The number of hydrogen-bond acceptors (Lipinski definition) is 4. The molecule has 3 fully saturated rings. The van der Waals surface area contributed by atoms with Crippen molar-refractivity contribution >= 4 is 41.7 Å². The third-order valence-corrected chi connectivity index (χ3v) is 6.03. The van der Waals surface area contributed by atoms with Crippen molar-refractivity contribution in [2.75, 3.05) is 51.4 Å². The maximum Gasteiger partial charge on any atom is 0.193 e. The maximum atomic E-state index is 10.4. The SMILES string of the molecule is CN=C(NCC1(O)CCSC1)N1CCC2(CCOC2)C1.I. The molecule has 3 aliphatic rings. The molecule has 3 heterocycles. The largest absolute Gasteiger partial charge is 0.387 e. The van der Waals surface area contributed by atoms with Crippen molar-refractivity contribution in [1.82, 2.24) is 10.2 Å². The third kappa shape index (κ3) is 3.97. The van der Waals surface area contributed by atoms with E-state index in [0.717, 1.165) is 50.2 Å². The number of ether oxygens (including phenoxy) is 1. The smallest absolute Gasteiger partial charge is 0.193 e. The zero-order valence-corrected chi connectivity index (χ0v) is 15.8. The first-order chi connectivity index (χ1) is 9.65. The van der Waals surface area contributed by atoms with Gasteiger partial charge in [-0.1, -0.05) is 0 Å². The molecule has 5 nitrogen and oxygen atoms in total. The molecule has 2 unspecified atom stereocenters. The summed E-state index contributed by atoms with van der Waals surface area (Å²) in [5.74, 6) is 2.81. The van der Waals surface area contributed by atoms with Crippen LogP contribution in [0.15, 0.2) is 4.99 Å². The summed E-state index contributed by atoms with van der Waals surface area (Å²) in [6.45, 7) is 4.46. The zero-order valence-electron chi connectivity index (χ0n) is 12.6. The van der Waals surface area contributed by atoms with Crippen molar-refractivity contribution < 1.29 is 9.84 Å². The second kappa shape index (κ2) is 7.23. The van der Waals surface area contributed by atoms with Gasteiger partial charge >= 0.3 is 0 Å². The number of nitrogens with one attached hydrogen (secondary N) is 1. The Labute approximate surface area is 148 Å². The first-order valence-corrected chi connectivity index (χ1v) is 8.64. The lowest BCUT2D eigenvalue weighted by Gasteiger charge is -2.28. The predicted octanol–water partition coefficient (Wildman–Crippen LogP) is 1.16. The molecule has 1 spiro atoms. The van der Waals surface area contributed by atoms with E-state index >= 15 is 0 Å². The highest BCUT2D eigenvalue weighted by Crippen LogP contribution is 2.38. The van der Waals surface area contributed by atoms with E-state index in [1.807, 2.05) is 18.8 Å². The number of nitrogens with zero attached hydrogens (tertiary/aromatic N) is 2. The predicted molar refractivity (Wildman–Crippen MR) is 97.7 cm³/mol. The molecule has 21 heavy (non-hydrogen) atoms. The molecule has 0 bridgehead atoms. The number of guanidine groups is 1. The molecule has 122 valence electrons. The van der Waals surface area contributed by atoms with Gasteiger partial charge in [-0.05, 0) is 25.0 Å². The minimum atomic E-state index is -0.561. The van der Waals surface area contributed by atoms with Crippen LogP contribution in [0.1, 0.15) is 19.3 Å². The Hall–Kier alpha value is 0.270. The Morgan fingerprint density at radius 1 is 1.43 bits per heavy atom. The van der Waals surface area contributed by atoms with E-state index in [9.17, 15) is 5.11 Å². The molecule has 0 radical (unpaired) electrons. The van der Waals surface area contributed by atoms with E-state index < -0.39 is 5.60 Å². The second-order valence-corrected chi connectivity index (χ2v) is 7.51. The van der Waals surface area contributed by atoms with Crippen LogP contribution >= 0.6 is 35.7 Å². The quantitative estimate of drug-likeness (QED) is 0.394. The molecule has 0 aromatic carbocycles. The van der Waals surface area contributed by atoms with Crippen LogP contribution < -0.4 is 5.32 Å². The molecule has 3 rings (SSSR count). The Morgan fingerprint density at radius 3 is 2.90 bits per heavy atom. The lowest BCUT2D eigenvalue weighted by Crippen LogP contribution is -2.48. The van der Waals surface area contributed by atoms with Crippen molar-refractivity contribution in [3.05, 3.63) is 0 Å². The van der Waals surface area contributed by atoms with Crippen molar-refractivity contribution in [3.8, 4) is 0 Å². The van der Waals surface area contributed by atoms with Crippen LogP contribution in [-0.2, 0) is 4.74 Å². The Bertz CT molecular complexity index is 382. The summed E-state index contributed by atoms with van der Waals surface area (Å²) in [6.07, 6.45) is 3.23. The molecule has 3 saturated heterocycles. The molecular weight excluding hydrogens is 401 g/mol. The van der Waals surface area contributed by atoms with Crippen LogP contribution in [-0.4, -0.2) is 73.0 Å². The van der Waals surface area contributed by atoms with Crippen molar-refractivity contribution in [2.45, 2.75) is 24.9 Å². The highest BCUT2D eigenvalue weighted by atomic mass is 127. The highest BCUT2D eigenvalue weighted by Gasteiger charge is 2.42. The summed E-state index contributed by atoms with van der Waals surface area (Å²) in [5, 5.41) is 13.8. The highest BCUT2D eigenvalue weighted by molar-refractivity contribution is 14.0. The van der Waals surface area contributed by atoms with Crippen molar-refractivity contribution in [3.63, 3.8) is 0 Å². The maximum absolute atomic E-state index is 10.4.